The second-order valence-corrected chi connectivity index (χ2v) is 16.4. The van der Waals surface area contributed by atoms with E-state index >= 15 is 0 Å². The third-order valence-electron chi connectivity index (χ3n) is 13.0. The highest BCUT2D eigenvalue weighted by Gasteiger charge is 2.23. The van der Waals surface area contributed by atoms with E-state index in [2.05, 4.69) is 240 Å². The van der Waals surface area contributed by atoms with Gasteiger partial charge in [-0.15, -0.1) is 0 Å². The van der Waals surface area contributed by atoms with Gasteiger partial charge in [0.05, 0.1) is 27.8 Å². The molecule has 0 unspecified atom stereocenters. The highest BCUT2D eigenvalue weighted by Crippen LogP contribution is 2.46. The number of hydrogen-bond donors (Lipinski definition) is 0. The van der Waals surface area contributed by atoms with Gasteiger partial charge in [0.15, 0.2) is 5.58 Å². The number of benzene rings is 10. The Kier molecular flexibility index (Phi) is 7.91. The van der Waals surface area contributed by atoms with Crippen LogP contribution in [0.4, 0.5) is 0 Å². The van der Waals surface area contributed by atoms with Crippen molar-refractivity contribution in [3.8, 4) is 55.9 Å². The molecule has 0 bridgehead atoms. The maximum Gasteiger partial charge on any atom is 0.160 e. The molecule has 0 spiro atoms. The van der Waals surface area contributed by atoms with E-state index in [1.807, 2.05) is 0 Å². The summed E-state index contributed by atoms with van der Waals surface area (Å²) in [6.45, 7) is 0. The summed E-state index contributed by atoms with van der Waals surface area (Å²) in [5, 5.41) is 7.09. The fourth-order valence-corrected chi connectivity index (χ4v) is 10.2. The van der Waals surface area contributed by atoms with E-state index in [9.17, 15) is 0 Å². The molecule has 3 nitrogen and oxygen atoms in total. The molecule has 13 rings (SSSR count). The molecule has 0 N–H and O–H groups in total. The van der Waals surface area contributed by atoms with Gasteiger partial charge in [-0.1, -0.05) is 182 Å². The minimum Gasteiger partial charge on any atom is -0.454 e. The maximum absolute atomic E-state index is 6.99. The van der Waals surface area contributed by atoms with Crippen LogP contribution in [0.3, 0.4) is 0 Å². The van der Waals surface area contributed by atoms with Gasteiger partial charge < -0.3 is 13.6 Å². The summed E-state index contributed by atoms with van der Waals surface area (Å²) in [6.07, 6.45) is 0. The average Bonchev–Trinajstić information content (AvgIpc) is 4.03. The topological polar surface area (TPSA) is 23.0 Å². The highest BCUT2D eigenvalue weighted by molar-refractivity contribution is 6.19. The zero-order valence-corrected chi connectivity index (χ0v) is 34.2. The van der Waals surface area contributed by atoms with Crippen LogP contribution >= 0.6 is 0 Å². The van der Waals surface area contributed by atoms with Crippen LogP contribution < -0.4 is 0 Å². The van der Waals surface area contributed by atoms with Gasteiger partial charge in [-0.25, -0.2) is 0 Å². The van der Waals surface area contributed by atoms with Crippen molar-refractivity contribution in [1.82, 2.24) is 9.13 Å². The lowest BCUT2D eigenvalue weighted by atomic mass is 9.91. The first kappa shape index (κ1) is 35.4. The summed E-state index contributed by atoms with van der Waals surface area (Å²) < 4.78 is 11.8. The molecule has 0 aliphatic rings. The van der Waals surface area contributed by atoms with Gasteiger partial charge in [-0.3, -0.25) is 0 Å². The second-order valence-electron chi connectivity index (χ2n) is 16.4. The molecule has 3 heteroatoms. The lowest BCUT2D eigenvalue weighted by Crippen LogP contribution is -1.96. The molecule has 0 fully saturated rings. The number of fused-ring (bicyclic) bond motifs is 9. The lowest BCUT2D eigenvalue weighted by molar-refractivity contribution is 0.666. The van der Waals surface area contributed by atoms with Crippen molar-refractivity contribution >= 4 is 65.6 Å². The van der Waals surface area contributed by atoms with E-state index < -0.39 is 0 Å². The summed E-state index contributed by atoms with van der Waals surface area (Å²) in [5.74, 6) is 0. The van der Waals surface area contributed by atoms with Crippen LogP contribution in [0.5, 0.6) is 0 Å². The minimum atomic E-state index is 0.869. The molecule has 0 aliphatic carbocycles. The summed E-state index contributed by atoms with van der Waals surface area (Å²) in [6, 6.07) is 83.3. The van der Waals surface area contributed by atoms with Crippen LogP contribution in [0.15, 0.2) is 235 Å². The van der Waals surface area contributed by atoms with E-state index in [-0.39, 0.29) is 0 Å². The van der Waals surface area contributed by atoms with Crippen LogP contribution in [0.25, 0.3) is 121 Å². The highest BCUT2D eigenvalue weighted by atomic mass is 16.3. The van der Waals surface area contributed by atoms with E-state index in [0.29, 0.717) is 0 Å². The van der Waals surface area contributed by atoms with Gasteiger partial charge in [0.2, 0.25) is 0 Å². The van der Waals surface area contributed by atoms with Crippen molar-refractivity contribution in [2.45, 2.75) is 0 Å². The van der Waals surface area contributed by atoms with Crippen LogP contribution in [-0.2, 0) is 0 Å². The Bertz CT molecular complexity index is 3890. The zero-order chi connectivity index (χ0) is 41.4. The molecular weight excluding hydrogens is 765 g/mol. The Morgan fingerprint density at radius 2 is 0.857 bits per heavy atom. The first-order valence-corrected chi connectivity index (χ1v) is 21.6. The van der Waals surface area contributed by atoms with Crippen molar-refractivity contribution in [2.24, 2.45) is 0 Å². The summed E-state index contributed by atoms with van der Waals surface area (Å²) in [5.41, 5.74) is 18.0. The van der Waals surface area contributed by atoms with Gasteiger partial charge in [0, 0.05) is 38.0 Å². The van der Waals surface area contributed by atoms with Crippen LogP contribution in [-0.4, -0.2) is 9.13 Å². The predicted octanol–water partition coefficient (Wildman–Crippen LogP) is 16.4. The summed E-state index contributed by atoms with van der Waals surface area (Å²) in [7, 11) is 0. The molecule has 3 heterocycles. The molecule has 0 saturated heterocycles. The Morgan fingerprint density at radius 1 is 0.286 bits per heavy atom. The van der Waals surface area contributed by atoms with Gasteiger partial charge in [-0.2, -0.15) is 0 Å². The Hall–Kier alpha value is -8.40. The molecule has 0 atom stereocenters. The molecule has 3 aromatic heterocycles. The normalized spacial score (nSPS) is 11.8. The largest absolute Gasteiger partial charge is 0.454 e. The first-order valence-electron chi connectivity index (χ1n) is 21.6. The third kappa shape index (κ3) is 5.46. The third-order valence-corrected chi connectivity index (χ3v) is 13.0. The van der Waals surface area contributed by atoms with E-state index in [1.54, 1.807) is 0 Å². The Morgan fingerprint density at radius 3 is 1.65 bits per heavy atom. The van der Waals surface area contributed by atoms with Gasteiger partial charge in [0.1, 0.15) is 5.58 Å². The fraction of sp³-hybridized carbons (Fsp3) is 0. The van der Waals surface area contributed by atoms with Crippen molar-refractivity contribution in [2.75, 3.05) is 0 Å². The number of hydrogen-bond acceptors (Lipinski definition) is 1. The first-order chi connectivity index (χ1) is 31.3. The quantitative estimate of drug-likeness (QED) is 0.164. The number of nitrogens with zero attached hydrogens (tertiary/aromatic N) is 2. The van der Waals surface area contributed by atoms with Crippen molar-refractivity contribution in [1.29, 1.82) is 0 Å². The second kappa shape index (κ2) is 14.1. The molecule has 0 aliphatic heterocycles. The van der Waals surface area contributed by atoms with Gasteiger partial charge in [-0.05, 0) is 93.0 Å². The number of rotatable bonds is 6. The Balaban J connectivity index is 1.04. The van der Waals surface area contributed by atoms with Crippen molar-refractivity contribution in [3.63, 3.8) is 0 Å². The predicted molar refractivity (Wildman–Crippen MR) is 264 cm³/mol. The van der Waals surface area contributed by atoms with E-state index in [0.717, 1.165) is 55.5 Å². The zero-order valence-electron chi connectivity index (χ0n) is 34.2. The van der Waals surface area contributed by atoms with Crippen LogP contribution in [0, 0.1) is 0 Å². The molecule has 63 heavy (non-hydrogen) atoms. The minimum absolute atomic E-state index is 0.869. The smallest absolute Gasteiger partial charge is 0.160 e. The van der Waals surface area contributed by atoms with Gasteiger partial charge in [0.25, 0.3) is 0 Å². The SMILES string of the molecule is c1ccc(-c2ccc(-n3c4ccccc4c4c(-c5ccc6c7ccccc7n(-c7ccc(-c8ccccc8-c8ccccc8)c8c7oc7ccccc78)c6c5)cccc43)cc2)cc1. The van der Waals surface area contributed by atoms with E-state index in [4.69, 9.17) is 4.42 Å². The molecule has 13 aromatic rings. The molecule has 0 radical (unpaired) electrons. The van der Waals surface area contributed by atoms with Crippen molar-refractivity contribution < 1.29 is 4.42 Å². The summed E-state index contributed by atoms with van der Waals surface area (Å²) >= 11 is 0. The lowest BCUT2D eigenvalue weighted by Gasteiger charge is -2.15. The average molecular weight is 803 g/mol. The number of aromatic nitrogens is 2. The van der Waals surface area contributed by atoms with Crippen LogP contribution in [0.1, 0.15) is 0 Å². The molecule has 294 valence electrons. The number of para-hydroxylation sites is 3. The molecule has 0 amide bonds. The Labute approximate surface area is 363 Å². The van der Waals surface area contributed by atoms with E-state index in [1.165, 1.54) is 66.0 Å². The monoisotopic (exact) mass is 802 g/mol. The van der Waals surface area contributed by atoms with Crippen molar-refractivity contribution in [3.05, 3.63) is 231 Å². The fourth-order valence-electron chi connectivity index (χ4n) is 10.2. The molecule has 0 saturated carbocycles. The van der Waals surface area contributed by atoms with Gasteiger partial charge >= 0.3 is 0 Å². The molecule has 10 aromatic carbocycles. The standard InChI is InChI=1S/C60H38N2O/c1-3-16-39(17-4-1)40-30-33-43(34-31-40)61-53-27-13-10-23-50(53)58-45(25-15-28-54(58)61)42-32-35-48-47-22-9-12-26-52(47)62(56(48)38-42)55-37-36-49(59-51-24-11-14-29-57(51)63-60(55)59)46-21-8-7-20-44(46)41-18-5-2-6-19-41/h1-38H. The summed E-state index contributed by atoms with van der Waals surface area (Å²) in [4.78, 5) is 0. The van der Waals surface area contributed by atoms with Crippen LogP contribution in [0.2, 0.25) is 0 Å². The molecular formula is C60H38N2O. The maximum atomic E-state index is 6.99. The number of furan rings is 1.